The van der Waals surface area contributed by atoms with Crippen LogP contribution < -0.4 is 5.32 Å². The number of benzene rings is 1. The third-order valence-electron chi connectivity index (χ3n) is 4.83. The summed E-state index contributed by atoms with van der Waals surface area (Å²) in [5.74, 6) is 1.04. The molecule has 156 valence electrons. The molecule has 0 unspecified atom stereocenters. The predicted octanol–water partition coefficient (Wildman–Crippen LogP) is 4.29. The van der Waals surface area contributed by atoms with E-state index < -0.39 is 0 Å². The van der Waals surface area contributed by atoms with Gasteiger partial charge in [-0.05, 0) is 56.7 Å². The average molecular weight is 498 g/mol. The fourth-order valence-corrected chi connectivity index (χ4v) is 3.30. The van der Waals surface area contributed by atoms with Gasteiger partial charge >= 0.3 is 0 Å². The molecule has 1 aliphatic heterocycles. The second kappa shape index (κ2) is 13.6. The molecule has 1 fully saturated rings. The highest BCUT2D eigenvalue weighted by molar-refractivity contribution is 14.0. The summed E-state index contributed by atoms with van der Waals surface area (Å²) in [5, 5.41) is 3.34. The van der Waals surface area contributed by atoms with Crippen molar-refractivity contribution in [2.24, 2.45) is 4.99 Å². The lowest BCUT2D eigenvalue weighted by atomic mass is 10.1. The number of hydrogen-bond acceptors (Lipinski definition) is 2. The molecule has 28 heavy (non-hydrogen) atoms. The van der Waals surface area contributed by atoms with Crippen molar-refractivity contribution in [2.75, 3.05) is 33.2 Å². The maximum atomic E-state index is 12.7. The van der Waals surface area contributed by atoms with E-state index in [1.165, 1.54) is 6.42 Å². The number of hydrogen-bond donors (Lipinski definition) is 1. The molecule has 0 radical (unpaired) electrons. The van der Waals surface area contributed by atoms with Crippen LogP contribution in [0.15, 0.2) is 41.9 Å². The Morgan fingerprint density at radius 1 is 1.32 bits per heavy atom. The maximum Gasteiger partial charge on any atom is 0.253 e. The zero-order valence-corrected chi connectivity index (χ0v) is 19.7. The highest BCUT2D eigenvalue weighted by Gasteiger charge is 2.18. The average Bonchev–Trinajstić information content (AvgIpc) is 2.71. The molecule has 0 aromatic heterocycles. The first-order valence-corrected chi connectivity index (χ1v) is 10.1. The highest BCUT2D eigenvalue weighted by Crippen LogP contribution is 2.15. The van der Waals surface area contributed by atoms with E-state index in [1.54, 1.807) is 0 Å². The number of halogens is 1. The molecule has 0 bridgehead atoms. The number of likely N-dealkylation sites (tertiary alicyclic amines) is 1. The fraction of sp³-hybridized carbons (Fsp3) is 0.545. The first kappa shape index (κ1) is 24.5. The lowest BCUT2D eigenvalue weighted by molar-refractivity contribution is 0.0724. The number of rotatable bonds is 8. The van der Waals surface area contributed by atoms with Gasteiger partial charge in [-0.15, -0.1) is 30.6 Å². The second-order valence-electron chi connectivity index (χ2n) is 7.08. The van der Waals surface area contributed by atoms with Gasteiger partial charge in [0.15, 0.2) is 5.96 Å². The number of guanidine groups is 1. The SMILES string of the molecule is C=CCCCN(C)C(=NCc1cccc(C(=O)N2CCCCC2)c1)NCC.I. The summed E-state index contributed by atoms with van der Waals surface area (Å²) in [6, 6.07) is 7.90. The monoisotopic (exact) mass is 498 g/mol. The van der Waals surface area contributed by atoms with E-state index in [0.717, 1.165) is 68.9 Å². The number of nitrogens with one attached hydrogen (secondary N) is 1. The topological polar surface area (TPSA) is 47.9 Å². The molecular formula is C22H35IN4O. The van der Waals surface area contributed by atoms with Crippen LogP contribution in [0.4, 0.5) is 0 Å². The summed E-state index contributed by atoms with van der Waals surface area (Å²) in [4.78, 5) is 21.6. The molecular weight excluding hydrogens is 463 g/mol. The Kier molecular flexibility index (Phi) is 11.9. The molecule has 0 spiro atoms. The number of amides is 1. The Labute approximate surface area is 187 Å². The highest BCUT2D eigenvalue weighted by atomic mass is 127. The van der Waals surface area contributed by atoms with Gasteiger partial charge in [0.05, 0.1) is 6.54 Å². The van der Waals surface area contributed by atoms with E-state index in [-0.39, 0.29) is 29.9 Å². The summed E-state index contributed by atoms with van der Waals surface area (Å²) < 4.78 is 0. The van der Waals surface area contributed by atoms with E-state index >= 15 is 0 Å². The Balaban J connectivity index is 0.00000392. The van der Waals surface area contributed by atoms with Gasteiger partial charge in [0.25, 0.3) is 5.91 Å². The molecule has 1 amide bonds. The van der Waals surface area contributed by atoms with Gasteiger partial charge in [-0.3, -0.25) is 4.79 Å². The van der Waals surface area contributed by atoms with E-state index in [9.17, 15) is 4.79 Å². The number of carbonyl (C=O) groups excluding carboxylic acids is 1. The first-order valence-electron chi connectivity index (χ1n) is 10.1. The van der Waals surface area contributed by atoms with E-state index in [1.807, 2.05) is 35.2 Å². The lowest BCUT2D eigenvalue weighted by Gasteiger charge is -2.26. The van der Waals surface area contributed by atoms with Gasteiger partial charge in [0, 0.05) is 38.8 Å². The van der Waals surface area contributed by atoms with Crippen molar-refractivity contribution < 1.29 is 4.79 Å². The van der Waals surface area contributed by atoms with Crippen molar-refractivity contribution in [3.05, 3.63) is 48.0 Å². The third-order valence-corrected chi connectivity index (χ3v) is 4.83. The largest absolute Gasteiger partial charge is 0.357 e. The van der Waals surface area contributed by atoms with E-state index in [2.05, 4.69) is 30.8 Å². The van der Waals surface area contributed by atoms with Crippen LogP contribution in [-0.4, -0.2) is 54.9 Å². The molecule has 0 aliphatic carbocycles. The Morgan fingerprint density at radius 3 is 2.75 bits per heavy atom. The minimum atomic E-state index is 0. The molecule has 1 saturated heterocycles. The summed E-state index contributed by atoms with van der Waals surface area (Å²) in [5.41, 5.74) is 1.83. The second-order valence-corrected chi connectivity index (χ2v) is 7.08. The quantitative estimate of drug-likeness (QED) is 0.191. The number of piperidine rings is 1. The minimum Gasteiger partial charge on any atom is -0.357 e. The molecule has 1 aromatic rings. The molecule has 1 aromatic carbocycles. The molecule has 0 atom stereocenters. The Bertz CT molecular complexity index is 641. The van der Waals surface area contributed by atoms with Crippen molar-refractivity contribution in [3.63, 3.8) is 0 Å². The number of allylic oxidation sites excluding steroid dienone is 1. The number of nitrogens with zero attached hydrogens (tertiary/aromatic N) is 3. The smallest absolute Gasteiger partial charge is 0.253 e. The van der Waals surface area contributed by atoms with Gasteiger partial charge in [-0.1, -0.05) is 18.2 Å². The molecule has 2 rings (SSSR count). The number of unbranched alkanes of at least 4 members (excludes halogenated alkanes) is 1. The zero-order chi connectivity index (χ0) is 19.5. The zero-order valence-electron chi connectivity index (χ0n) is 17.3. The first-order chi connectivity index (χ1) is 13.2. The van der Waals surface area contributed by atoms with Crippen LogP contribution in [0.5, 0.6) is 0 Å². The summed E-state index contributed by atoms with van der Waals surface area (Å²) >= 11 is 0. The third kappa shape index (κ3) is 7.81. The molecule has 1 N–H and O–H groups in total. The van der Waals surface area contributed by atoms with Crippen molar-refractivity contribution >= 4 is 35.8 Å². The van der Waals surface area contributed by atoms with Crippen LogP contribution in [0.25, 0.3) is 0 Å². The van der Waals surface area contributed by atoms with Crippen LogP contribution in [0.1, 0.15) is 54.9 Å². The number of aliphatic imine (C=N–C) groups is 1. The standard InChI is InChI=1S/C22H34N4O.HI/c1-4-6-8-14-25(3)22(23-5-2)24-18-19-12-11-13-20(17-19)21(27)26-15-9-7-10-16-26;/h4,11-13,17H,1,5-10,14-16,18H2,2-3H3,(H,23,24);1H. The van der Waals surface area contributed by atoms with Crippen LogP contribution >= 0.6 is 24.0 Å². The molecule has 5 nitrogen and oxygen atoms in total. The van der Waals surface area contributed by atoms with Gasteiger partial charge < -0.3 is 15.1 Å². The normalized spacial score (nSPS) is 14.2. The summed E-state index contributed by atoms with van der Waals surface area (Å²) in [6.45, 7) is 9.93. The van der Waals surface area contributed by atoms with E-state index in [4.69, 9.17) is 4.99 Å². The summed E-state index contributed by atoms with van der Waals surface area (Å²) in [6.07, 6.45) is 7.46. The molecule has 0 saturated carbocycles. The van der Waals surface area contributed by atoms with Crippen LogP contribution in [0.3, 0.4) is 0 Å². The van der Waals surface area contributed by atoms with Gasteiger partial charge in [-0.25, -0.2) is 4.99 Å². The minimum absolute atomic E-state index is 0. The van der Waals surface area contributed by atoms with Crippen molar-refractivity contribution in [1.29, 1.82) is 0 Å². The number of carbonyl (C=O) groups is 1. The van der Waals surface area contributed by atoms with E-state index in [0.29, 0.717) is 6.54 Å². The van der Waals surface area contributed by atoms with Crippen molar-refractivity contribution in [3.8, 4) is 0 Å². The van der Waals surface area contributed by atoms with Crippen LogP contribution in [-0.2, 0) is 6.54 Å². The lowest BCUT2D eigenvalue weighted by Crippen LogP contribution is -2.39. The predicted molar refractivity (Wildman–Crippen MR) is 128 cm³/mol. The molecule has 6 heteroatoms. The summed E-state index contributed by atoms with van der Waals surface area (Å²) in [7, 11) is 2.06. The molecule has 1 aliphatic rings. The molecule has 1 heterocycles. The van der Waals surface area contributed by atoms with Crippen molar-refractivity contribution in [2.45, 2.75) is 45.6 Å². The van der Waals surface area contributed by atoms with Crippen LogP contribution in [0.2, 0.25) is 0 Å². The van der Waals surface area contributed by atoms with Crippen LogP contribution in [0, 0.1) is 0 Å². The fourth-order valence-electron chi connectivity index (χ4n) is 3.30. The Morgan fingerprint density at radius 2 is 2.07 bits per heavy atom. The van der Waals surface area contributed by atoms with Gasteiger partial charge in [0.2, 0.25) is 0 Å². The Hall–Kier alpha value is -1.57. The van der Waals surface area contributed by atoms with Crippen molar-refractivity contribution in [1.82, 2.24) is 15.1 Å². The maximum absolute atomic E-state index is 12.7. The van der Waals surface area contributed by atoms with Gasteiger partial charge in [-0.2, -0.15) is 0 Å². The van der Waals surface area contributed by atoms with Gasteiger partial charge in [0.1, 0.15) is 0 Å².